The maximum atomic E-state index is 12.4. The Morgan fingerprint density at radius 3 is 2.36 bits per heavy atom. The normalized spacial score (nSPS) is 10.9. The summed E-state index contributed by atoms with van der Waals surface area (Å²) >= 11 is 0. The third-order valence-electron chi connectivity index (χ3n) is 3.80. The number of unbranched alkanes of at least 4 members (excludes halogenated alkanes) is 2. The highest BCUT2D eigenvalue weighted by Crippen LogP contribution is 2.13. The zero-order chi connectivity index (χ0) is 18.7. The molecule has 1 N–H and O–H groups in total. The number of ketones is 1. The maximum absolute atomic E-state index is 12.4. The van der Waals surface area contributed by atoms with Crippen molar-refractivity contribution in [2.24, 2.45) is 0 Å². The molecule has 0 aliphatic rings. The molecule has 0 fully saturated rings. The van der Waals surface area contributed by atoms with Crippen molar-refractivity contribution in [1.82, 2.24) is 4.90 Å². The third-order valence-corrected chi connectivity index (χ3v) is 3.80. The summed E-state index contributed by atoms with van der Waals surface area (Å²) in [6.45, 7) is 7.35. The first-order valence-electron chi connectivity index (χ1n) is 8.80. The van der Waals surface area contributed by atoms with E-state index < -0.39 is 5.91 Å². The lowest BCUT2D eigenvalue weighted by atomic mass is 10.1. The molecule has 5 nitrogen and oxygen atoms in total. The van der Waals surface area contributed by atoms with Gasteiger partial charge in [0.2, 0.25) is 0 Å². The number of carbonyl (C=O) groups excluding carboxylic acids is 2. The number of benzene rings is 1. The van der Waals surface area contributed by atoms with Gasteiger partial charge in [-0.05, 0) is 31.9 Å². The number of hydrogen-bond donors (Lipinski definition) is 1. The van der Waals surface area contributed by atoms with Crippen molar-refractivity contribution >= 4 is 17.4 Å². The van der Waals surface area contributed by atoms with Gasteiger partial charge in [-0.2, -0.15) is 5.26 Å². The van der Waals surface area contributed by atoms with E-state index in [9.17, 15) is 14.9 Å². The molecule has 0 spiro atoms. The number of nitrogens with one attached hydrogen (secondary N) is 1. The lowest BCUT2D eigenvalue weighted by molar-refractivity contribution is -0.112. The summed E-state index contributed by atoms with van der Waals surface area (Å²) in [6, 6.07) is 8.69. The van der Waals surface area contributed by atoms with Crippen LogP contribution in [0.15, 0.2) is 36.0 Å². The fourth-order valence-electron chi connectivity index (χ4n) is 2.30. The average molecular weight is 341 g/mol. The summed E-state index contributed by atoms with van der Waals surface area (Å²) in [5, 5.41) is 12.1. The van der Waals surface area contributed by atoms with Crippen LogP contribution in [0.3, 0.4) is 0 Å². The SMILES string of the molecule is CCCCN(/C=C(/C#N)C(=O)Nc1cccc(C(C)=O)c1)CCCC. The van der Waals surface area contributed by atoms with Gasteiger partial charge < -0.3 is 10.2 Å². The third kappa shape index (κ3) is 7.21. The van der Waals surface area contributed by atoms with Crippen molar-refractivity contribution in [3.05, 3.63) is 41.6 Å². The number of rotatable bonds is 10. The van der Waals surface area contributed by atoms with E-state index in [4.69, 9.17) is 0 Å². The van der Waals surface area contributed by atoms with Gasteiger partial charge in [-0.15, -0.1) is 0 Å². The first-order valence-corrected chi connectivity index (χ1v) is 8.80. The van der Waals surface area contributed by atoms with Gasteiger partial charge in [0.25, 0.3) is 5.91 Å². The fraction of sp³-hybridized carbons (Fsp3) is 0.450. The molecule has 0 radical (unpaired) electrons. The Bertz CT molecular complexity index is 651. The summed E-state index contributed by atoms with van der Waals surface area (Å²) in [5.74, 6) is -0.529. The molecule has 0 heterocycles. The van der Waals surface area contributed by atoms with Crippen molar-refractivity contribution in [1.29, 1.82) is 5.26 Å². The Hall–Kier alpha value is -2.61. The van der Waals surface area contributed by atoms with Crippen LogP contribution in [0.5, 0.6) is 0 Å². The van der Waals surface area contributed by atoms with Crippen LogP contribution in [-0.4, -0.2) is 29.7 Å². The molecule has 0 bridgehead atoms. The molecule has 1 amide bonds. The molecule has 134 valence electrons. The number of hydrogen-bond acceptors (Lipinski definition) is 4. The highest BCUT2D eigenvalue weighted by Gasteiger charge is 2.12. The lowest BCUT2D eigenvalue weighted by Crippen LogP contribution is -2.23. The Morgan fingerprint density at radius 2 is 1.84 bits per heavy atom. The highest BCUT2D eigenvalue weighted by atomic mass is 16.1. The second-order valence-electron chi connectivity index (χ2n) is 5.99. The molecular formula is C20H27N3O2. The second kappa shape index (κ2) is 11.0. The van der Waals surface area contributed by atoms with Crippen LogP contribution in [0, 0.1) is 11.3 Å². The van der Waals surface area contributed by atoms with Crippen LogP contribution < -0.4 is 5.32 Å². The molecule has 1 aromatic rings. The van der Waals surface area contributed by atoms with Gasteiger partial charge >= 0.3 is 0 Å². The monoisotopic (exact) mass is 341 g/mol. The number of carbonyl (C=O) groups is 2. The smallest absolute Gasteiger partial charge is 0.267 e. The van der Waals surface area contributed by atoms with Crippen LogP contribution in [0.2, 0.25) is 0 Å². The first kappa shape index (κ1) is 20.4. The highest BCUT2D eigenvalue weighted by molar-refractivity contribution is 6.07. The van der Waals surface area contributed by atoms with Crippen molar-refractivity contribution in [2.75, 3.05) is 18.4 Å². The molecule has 0 aromatic heterocycles. The zero-order valence-electron chi connectivity index (χ0n) is 15.3. The molecule has 0 aliphatic carbocycles. The predicted molar refractivity (Wildman–Crippen MR) is 100 cm³/mol. The zero-order valence-corrected chi connectivity index (χ0v) is 15.3. The molecular weight excluding hydrogens is 314 g/mol. The van der Waals surface area contributed by atoms with Gasteiger partial charge in [-0.1, -0.05) is 38.8 Å². The van der Waals surface area contributed by atoms with E-state index in [0.29, 0.717) is 11.3 Å². The largest absolute Gasteiger partial charge is 0.376 e. The van der Waals surface area contributed by atoms with Crippen molar-refractivity contribution in [3.63, 3.8) is 0 Å². The topological polar surface area (TPSA) is 73.2 Å². The van der Waals surface area contributed by atoms with E-state index in [1.807, 2.05) is 11.0 Å². The quantitative estimate of drug-likeness (QED) is 0.394. The Balaban J connectivity index is 2.88. The van der Waals surface area contributed by atoms with Crippen molar-refractivity contribution in [2.45, 2.75) is 46.5 Å². The lowest BCUT2D eigenvalue weighted by Gasteiger charge is -2.20. The minimum Gasteiger partial charge on any atom is -0.376 e. The molecule has 0 unspecified atom stereocenters. The molecule has 25 heavy (non-hydrogen) atoms. The van der Waals surface area contributed by atoms with Crippen molar-refractivity contribution < 1.29 is 9.59 Å². The van der Waals surface area contributed by atoms with E-state index in [2.05, 4.69) is 19.2 Å². The molecule has 1 aromatic carbocycles. The Labute approximate surface area is 150 Å². The standard InChI is InChI=1S/C20H27N3O2/c1-4-6-11-23(12-7-5-2)15-18(14-21)20(25)22-19-10-8-9-17(13-19)16(3)24/h8-10,13,15H,4-7,11-12H2,1-3H3,(H,22,25)/b18-15-. The number of Topliss-reactive ketones (excluding diaryl/α,β-unsaturated/α-hetero) is 1. The number of nitrogens with zero attached hydrogens (tertiary/aromatic N) is 2. The molecule has 0 atom stereocenters. The minimum atomic E-state index is -0.457. The van der Waals surface area contributed by atoms with Crippen LogP contribution >= 0.6 is 0 Å². The van der Waals surface area contributed by atoms with Gasteiger partial charge in [0.05, 0.1) is 0 Å². The van der Waals surface area contributed by atoms with Gasteiger partial charge in [0.1, 0.15) is 11.6 Å². The number of anilines is 1. The average Bonchev–Trinajstić information content (AvgIpc) is 2.61. The Kier molecular flexibility index (Phi) is 9.02. The van der Waals surface area contributed by atoms with E-state index >= 15 is 0 Å². The molecule has 0 saturated carbocycles. The van der Waals surface area contributed by atoms with E-state index in [1.54, 1.807) is 30.5 Å². The molecule has 5 heteroatoms. The van der Waals surface area contributed by atoms with Crippen LogP contribution in [0.4, 0.5) is 5.69 Å². The van der Waals surface area contributed by atoms with Gasteiger partial charge in [0.15, 0.2) is 5.78 Å². The van der Waals surface area contributed by atoms with E-state index in [1.165, 1.54) is 6.92 Å². The van der Waals surface area contributed by atoms with Crippen LogP contribution in [0.1, 0.15) is 56.8 Å². The first-order chi connectivity index (χ1) is 12.0. The van der Waals surface area contributed by atoms with Crippen molar-refractivity contribution in [3.8, 4) is 6.07 Å². The second-order valence-corrected chi connectivity index (χ2v) is 5.99. The van der Waals surface area contributed by atoms with Gasteiger partial charge in [-0.3, -0.25) is 9.59 Å². The molecule has 1 rings (SSSR count). The van der Waals surface area contributed by atoms with Crippen LogP contribution in [0.25, 0.3) is 0 Å². The summed E-state index contributed by atoms with van der Waals surface area (Å²) < 4.78 is 0. The minimum absolute atomic E-state index is 0.0698. The van der Waals surface area contributed by atoms with Gasteiger partial charge in [0, 0.05) is 30.5 Å². The fourth-order valence-corrected chi connectivity index (χ4v) is 2.30. The van der Waals surface area contributed by atoms with E-state index in [0.717, 1.165) is 38.8 Å². The number of amides is 1. The summed E-state index contributed by atoms with van der Waals surface area (Å²) in [5.41, 5.74) is 1.10. The van der Waals surface area contributed by atoms with Crippen LogP contribution in [-0.2, 0) is 4.79 Å². The molecule has 0 aliphatic heterocycles. The number of nitriles is 1. The summed E-state index contributed by atoms with van der Waals surface area (Å²) in [7, 11) is 0. The summed E-state index contributed by atoms with van der Waals surface area (Å²) in [6.07, 6.45) is 5.79. The predicted octanol–water partition coefficient (Wildman–Crippen LogP) is 4.14. The van der Waals surface area contributed by atoms with Gasteiger partial charge in [-0.25, -0.2) is 0 Å². The maximum Gasteiger partial charge on any atom is 0.267 e. The summed E-state index contributed by atoms with van der Waals surface area (Å²) in [4.78, 5) is 25.9. The van der Waals surface area contributed by atoms with E-state index in [-0.39, 0.29) is 11.4 Å². The molecule has 0 saturated heterocycles. The Morgan fingerprint density at radius 1 is 1.20 bits per heavy atom.